The molecule has 0 fully saturated rings. The van der Waals surface area contributed by atoms with E-state index in [0.717, 1.165) is 24.8 Å². The molecule has 5 nitrogen and oxygen atoms in total. The number of carbonyl (C=O) groups is 2. The zero-order valence-electron chi connectivity index (χ0n) is 14.6. The molecule has 0 aromatic heterocycles. The Hall–Kier alpha value is -2.24. The minimum atomic E-state index is -0.646. The van der Waals surface area contributed by atoms with Gasteiger partial charge in [-0.05, 0) is 42.7 Å². The molecule has 138 valence electrons. The lowest BCUT2D eigenvalue weighted by Crippen LogP contribution is -2.24. The van der Waals surface area contributed by atoms with Crippen molar-refractivity contribution in [1.29, 1.82) is 0 Å². The van der Waals surface area contributed by atoms with E-state index in [9.17, 15) is 9.59 Å². The van der Waals surface area contributed by atoms with Crippen LogP contribution in [0.15, 0.2) is 36.4 Å². The Bertz CT molecular complexity index is 809. The number of aryl methyl sites for hydroxylation is 1. The summed E-state index contributed by atoms with van der Waals surface area (Å²) in [7, 11) is 1.45. The molecule has 0 aliphatic heterocycles. The van der Waals surface area contributed by atoms with E-state index in [1.54, 1.807) is 30.3 Å². The Morgan fingerprint density at radius 1 is 1.15 bits per heavy atom. The molecule has 2 aromatic carbocycles. The maximum atomic E-state index is 12.7. The summed E-state index contributed by atoms with van der Waals surface area (Å²) in [6.07, 6.45) is 2.24. The Morgan fingerprint density at radius 3 is 2.62 bits per heavy atom. The van der Waals surface area contributed by atoms with Crippen LogP contribution in [0.1, 0.15) is 35.7 Å². The zero-order chi connectivity index (χ0) is 19.1. The number of anilines is 1. The molecular formula is C19H20Cl2N2O3. The standard InChI is InChI=1S/C19H20Cl2N2O3/c1-3-4-6-12-9-10-13(16(11-12)26-19(25)22-2)18(24)23-15-8-5-7-14(20)17(15)21/h5,7-11H,3-4,6H2,1-2H3,(H,22,25)(H,23,24). The second kappa shape index (κ2) is 9.46. The summed E-state index contributed by atoms with van der Waals surface area (Å²) in [4.78, 5) is 24.3. The summed E-state index contributed by atoms with van der Waals surface area (Å²) < 4.78 is 5.26. The van der Waals surface area contributed by atoms with E-state index in [2.05, 4.69) is 17.6 Å². The predicted octanol–water partition coefficient (Wildman–Crippen LogP) is 5.31. The molecule has 2 N–H and O–H groups in total. The Labute approximate surface area is 162 Å². The molecule has 0 unspecified atom stereocenters. The van der Waals surface area contributed by atoms with Crippen molar-refractivity contribution >= 4 is 40.9 Å². The summed E-state index contributed by atoms with van der Waals surface area (Å²) in [5.74, 6) is -0.260. The molecule has 0 aliphatic carbocycles. The van der Waals surface area contributed by atoms with E-state index in [1.165, 1.54) is 7.05 Å². The van der Waals surface area contributed by atoms with Crippen LogP contribution in [0.25, 0.3) is 0 Å². The fourth-order valence-corrected chi connectivity index (χ4v) is 2.66. The smallest absolute Gasteiger partial charge is 0.409 e. The van der Waals surface area contributed by atoms with Gasteiger partial charge < -0.3 is 15.4 Å². The molecule has 0 aliphatic rings. The third kappa shape index (κ3) is 5.13. The van der Waals surface area contributed by atoms with E-state index in [1.807, 2.05) is 6.07 Å². The number of halogens is 2. The Kier molecular flexibility index (Phi) is 7.30. The minimum Gasteiger partial charge on any atom is -0.409 e. The van der Waals surface area contributed by atoms with Crippen molar-refractivity contribution in [2.75, 3.05) is 12.4 Å². The first-order valence-electron chi connectivity index (χ1n) is 8.24. The maximum absolute atomic E-state index is 12.7. The number of rotatable bonds is 6. The van der Waals surface area contributed by atoms with Gasteiger partial charge in [-0.1, -0.05) is 48.7 Å². The lowest BCUT2D eigenvalue weighted by Gasteiger charge is -2.13. The van der Waals surface area contributed by atoms with E-state index in [0.29, 0.717) is 10.7 Å². The van der Waals surface area contributed by atoms with Crippen LogP contribution < -0.4 is 15.4 Å². The lowest BCUT2D eigenvalue weighted by molar-refractivity contribution is 0.102. The average Bonchev–Trinajstić information content (AvgIpc) is 2.63. The quantitative estimate of drug-likeness (QED) is 0.697. The maximum Gasteiger partial charge on any atom is 0.412 e. The van der Waals surface area contributed by atoms with Crippen molar-refractivity contribution in [1.82, 2.24) is 5.32 Å². The van der Waals surface area contributed by atoms with Gasteiger partial charge >= 0.3 is 6.09 Å². The topological polar surface area (TPSA) is 67.4 Å². The molecule has 2 aromatic rings. The van der Waals surface area contributed by atoms with E-state index in [4.69, 9.17) is 27.9 Å². The highest BCUT2D eigenvalue weighted by atomic mass is 35.5. The third-order valence-corrected chi connectivity index (χ3v) is 4.54. The summed E-state index contributed by atoms with van der Waals surface area (Å²) in [5, 5.41) is 5.65. The van der Waals surface area contributed by atoms with Gasteiger partial charge in [0.25, 0.3) is 5.91 Å². The fraction of sp³-hybridized carbons (Fsp3) is 0.263. The van der Waals surface area contributed by atoms with E-state index in [-0.39, 0.29) is 16.3 Å². The van der Waals surface area contributed by atoms with Gasteiger partial charge in [0, 0.05) is 7.05 Å². The summed E-state index contributed by atoms with van der Waals surface area (Å²) >= 11 is 12.1. The highest BCUT2D eigenvalue weighted by molar-refractivity contribution is 6.44. The third-order valence-electron chi connectivity index (χ3n) is 3.72. The largest absolute Gasteiger partial charge is 0.412 e. The number of nitrogens with one attached hydrogen (secondary N) is 2. The molecule has 2 rings (SSSR count). The van der Waals surface area contributed by atoms with Crippen LogP contribution in [0.5, 0.6) is 5.75 Å². The zero-order valence-corrected chi connectivity index (χ0v) is 16.1. The number of unbranched alkanes of at least 4 members (excludes halogenated alkanes) is 1. The number of amides is 2. The van der Waals surface area contributed by atoms with Crippen LogP contribution in [0, 0.1) is 0 Å². The van der Waals surface area contributed by atoms with Gasteiger partial charge in [0.15, 0.2) is 0 Å². The second-order valence-corrected chi connectivity index (χ2v) is 6.41. The van der Waals surface area contributed by atoms with Gasteiger partial charge in [-0.3, -0.25) is 4.79 Å². The molecule has 0 radical (unpaired) electrons. The van der Waals surface area contributed by atoms with E-state index < -0.39 is 12.0 Å². The van der Waals surface area contributed by atoms with E-state index >= 15 is 0 Å². The van der Waals surface area contributed by atoms with Crippen LogP contribution >= 0.6 is 23.2 Å². The molecule has 0 saturated heterocycles. The normalized spacial score (nSPS) is 10.3. The van der Waals surface area contributed by atoms with Gasteiger partial charge in [0.2, 0.25) is 0 Å². The number of hydrogen-bond donors (Lipinski definition) is 2. The molecule has 7 heteroatoms. The predicted molar refractivity (Wildman–Crippen MR) is 105 cm³/mol. The van der Waals surface area contributed by atoms with Gasteiger partial charge in [0.1, 0.15) is 5.75 Å². The van der Waals surface area contributed by atoms with Crippen molar-refractivity contribution in [3.8, 4) is 5.75 Å². The lowest BCUT2D eigenvalue weighted by atomic mass is 10.0. The van der Waals surface area contributed by atoms with Gasteiger partial charge in [-0.15, -0.1) is 0 Å². The molecule has 0 saturated carbocycles. The Balaban J connectivity index is 2.31. The number of benzene rings is 2. The minimum absolute atomic E-state index is 0.189. The molecule has 0 heterocycles. The monoisotopic (exact) mass is 394 g/mol. The SMILES string of the molecule is CCCCc1ccc(C(=O)Nc2cccc(Cl)c2Cl)c(OC(=O)NC)c1. The van der Waals surface area contributed by atoms with Crippen molar-refractivity contribution in [2.45, 2.75) is 26.2 Å². The van der Waals surface area contributed by atoms with Crippen LogP contribution in [0.4, 0.5) is 10.5 Å². The highest BCUT2D eigenvalue weighted by Gasteiger charge is 2.17. The average molecular weight is 395 g/mol. The summed E-state index contributed by atoms with van der Waals surface area (Å²) in [5.41, 5.74) is 1.60. The van der Waals surface area contributed by atoms with Crippen molar-refractivity contribution in [2.24, 2.45) is 0 Å². The number of ether oxygens (including phenoxy) is 1. The second-order valence-electron chi connectivity index (χ2n) is 5.63. The van der Waals surface area contributed by atoms with Gasteiger partial charge in [-0.25, -0.2) is 4.79 Å². The summed E-state index contributed by atoms with van der Waals surface area (Å²) in [6.45, 7) is 2.10. The van der Waals surface area contributed by atoms with Crippen LogP contribution in [-0.4, -0.2) is 19.0 Å². The van der Waals surface area contributed by atoms with Crippen LogP contribution in [0.2, 0.25) is 10.0 Å². The fourth-order valence-electron chi connectivity index (χ4n) is 2.32. The molecule has 26 heavy (non-hydrogen) atoms. The van der Waals surface area contributed by atoms with Crippen molar-refractivity contribution in [3.63, 3.8) is 0 Å². The first kappa shape index (κ1) is 20.1. The molecule has 2 amide bonds. The molecule has 0 bridgehead atoms. The molecular weight excluding hydrogens is 375 g/mol. The molecule has 0 spiro atoms. The first-order chi connectivity index (χ1) is 12.5. The summed E-state index contributed by atoms with van der Waals surface area (Å²) in [6, 6.07) is 10.1. The number of carbonyl (C=O) groups excluding carboxylic acids is 2. The van der Waals surface area contributed by atoms with Crippen molar-refractivity contribution in [3.05, 3.63) is 57.6 Å². The van der Waals surface area contributed by atoms with Crippen LogP contribution in [0.3, 0.4) is 0 Å². The highest BCUT2D eigenvalue weighted by Crippen LogP contribution is 2.31. The Morgan fingerprint density at radius 2 is 1.92 bits per heavy atom. The van der Waals surface area contributed by atoms with Gasteiger partial charge in [-0.2, -0.15) is 0 Å². The van der Waals surface area contributed by atoms with Crippen molar-refractivity contribution < 1.29 is 14.3 Å². The molecule has 0 atom stereocenters. The first-order valence-corrected chi connectivity index (χ1v) is 8.99. The van der Waals surface area contributed by atoms with Gasteiger partial charge in [0.05, 0.1) is 21.3 Å². The van der Waals surface area contributed by atoms with Crippen LogP contribution in [-0.2, 0) is 6.42 Å². The number of hydrogen-bond acceptors (Lipinski definition) is 3.